The van der Waals surface area contributed by atoms with E-state index in [1.54, 1.807) is 6.07 Å². The summed E-state index contributed by atoms with van der Waals surface area (Å²) in [6, 6.07) is 5.00. The maximum Gasteiger partial charge on any atom is 0.157 e. The zero-order valence-electron chi connectivity index (χ0n) is 9.40. The molecule has 3 heteroatoms. The lowest BCUT2D eigenvalue weighted by atomic mass is 10.1. The van der Waals surface area contributed by atoms with Gasteiger partial charge in [0.15, 0.2) is 11.5 Å². The van der Waals surface area contributed by atoms with E-state index in [4.69, 9.17) is 5.11 Å². The highest BCUT2D eigenvalue weighted by Gasteiger charge is 2.03. The van der Waals surface area contributed by atoms with Crippen LogP contribution >= 0.6 is 0 Å². The molecule has 0 saturated heterocycles. The van der Waals surface area contributed by atoms with Gasteiger partial charge in [-0.3, -0.25) is 0 Å². The van der Waals surface area contributed by atoms with E-state index in [2.05, 4.69) is 18.7 Å². The van der Waals surface area contributed by atoms with Crippen LogP contribution in [0.2, 0.25) is 0 Å². The molecule has 0 fully saturated rings. The van der Waals surface area contributed by atoms with E-state index >= 15 is 0 Å². The standard InChI is InChI=1S/C12H19NO2/c1-3-13(4-2)8-7-10-5-6-11(14)12(15)9-10/h5-6,9,14-15H,3-4,7-8H2,1-2H3. The number of hydrogen-bond donors (Lipinski definition) is 2. The highest BCUT2D eigenvalue weighted by molar-refractivity contribution is 5.40. The predicted octanol–water partition coefficient (Wildman–Crippen LogP) is 1.98. The number of likely N-dealkylation sites (N-methyl/N-ethyl adjacent to an activating group) is 1. The van der Waals surface area contributed by atoms with Crippen LogP contribution < -0.4 is 0 Å². The SMILES string of the molecule is CCN(CC)CCc1ccc(O)c(O)c1. The molecule has 0 heterocycles. The van der Waals surface area contributed by atoms with Crippen molar-refractivity contribution in [2.45, 2.75) is 20.3 Å². The van der Waals surface area contributed by atoms with Crippen LogP contribution in [0, 0.1) is 0 Å². The molecular weight excluding hydrogens is 190 g/mol. The molecule has 0 amide bonds. The Morgan fingerprint density at radius 1 is 1.07 bits per heavy atom. The lowest BCUT2D eigenvalue weighted by molar-refractivity contribution is 0.307. The van der Waals surface area contributed by atoms with E-state index < -0.39 is 0 Å². The van der Waals surface area contributed by atoms with Crippen LogP contribution in [-0.4, -0.2) is 34.7 Å². The summed E-state index contributed by atoms with van der Waals surface area (Å²) in [4.78, 5) is 2.32. The third-order valence-electron chi connectivity index (χ3n) is 2.65. The van der Waals surface area contributed by atoms with Crippen molar-refractivity contribution >= 4 is 0 Å². The Morgan fingerprint density at radius 3 is 2.27 bits per heavy atom. The van der Waals surface area contributed by atoms with Gasteiger partial charge < -0.3 is 15.1 Å². The highest BCUT2D eigenvalue weighted by Crippen LogP contribution is 2.24. The van der Waals surface area contributed by atoms with Gasteiger partial charge in [0.25, 0.3) is 0 Å². The molecule has 1 aromatic rings. The van der Waals surface area contributed by atoms with Gasteiger partial charge in [0.2, 0.25) is 0 Å². The third kappa shape index (κ3) is 3.44. The minimum atomic E-state index is -0.0541. The zero-order valence-corrected chi connectivity index (χ0v) is 9.40. The average Bonchev–Trinajstić information content (AvgIpc) is 2.24. The first-order valence-electron chi connectivity index (χ1n) is 5.40. The molecule has 15 heavy (non-hydrogen) atoms. The smallest absolute Gasteiger partial charge is 0.157 e. The Morgan fingerprint density at radius 2 is 1.73 bits per heavy atom. The molecule has 2 N–H and O–H groups in total. The Bertz CT molecular complexity index is 308. The largest absolute Gasteiger partial charge is 0.504 e. The van der Waals surface area contributed by atoms with Gasteiger partial charge in [-0.05, 0) is 37.2 Å². The fourth-order valence-corrected chi connectivity index (χ4v) is 1.55. The number of hydrogen-bond acceptors (Lipinski definition) is 3. The van der Waals surface area contributed by atoms with Crippen LogP contribution in [0.1, 0.15) is 19.4 Å². The van der Waals surface area contributed by atoms with Crippen LogP contribution in [-0.2, 0) is 6.42 Å². The molecule has 0 spiro atoms. The summed E-state index contributed by atoms with van der Waals surface area (Å²) in [5, 5.41) is 18.5. The summed E-state index contributed by atoms with van der Waals surface area (Å²) in [6.45, 7) is 7.34. The lowest BCUT2D eigenvalue weighted by Gasteiger charge is -2.17. The van der Waals surface area contributed by atoms with Crippen molar-refractivity contribution in [1.82, 2.24) is 4.90 Å². The number of nitrogens with zero attached hydrogens (tertiary/aromatic N) is 1. The molecule has 0 atom stereocenters. The molecule has 3 nitrogen and oxygen atoms in total. The van der Waals surface area contributed by atoms with E-state index in [1.165, 1.54) is 6.07 Å². The summed E-state index contributed by atoms with van der Waals surface area (Å²) in [6.07, 6.45) is 0.898. The van der Waals surface area contributed by atoms with Gasteiger partial charge in [0.1, 0.15) is 0 Å². The van der Waals surface area contributed by atoms with E-state index in [1.807, 2.05) is 6.07 Å². The monoisotopic (exact) mass is 209 g/mol. The molecule has 0 radical (unpaired) electrons. The fourth-order valence-electron chi connectivity index (χ4n) is 1.55. The molecule has 1 aromatic carbocycles. The maximum absolute atomic E-state index is 9.32. The molecule has 84 valence electrons. The van der Waals surface area contributed by atoms with Crippen molar-refractivity contribution in [1.29, 1.82) is 0 Å². The topological polar surface area (TPSA) is 43.7 Å². The van der Waals surface area contributed by atoms with Crippen molar-refractivity contribution in [3.8, 4) is 11.5 Å². The molecule has 0 aliphatic rings. The average molecular weight is 209 g/mol. The second-order valence-corrected chi connectivity index (χ2v) is 3.60. The summed E-state index contributed by atoms with van der Waals surface area (Å²) in [5.41, 5.74) is 1.05. The molecule has 0 aliphatic carbocycles. The van der Waals surface area contributed by atoms with Gasteiger partial charge in [-0.2, -0.15) is 0 Å². The number of aromatic hydroxyl groups is 2. The first kappa shape index (κ1) is 11.9. The van der Waals surface area contributed by atoms with Gasteiger partial charge in [-0.15, -0.1) is 0 Å². The quantitative estimate of drug-likeness (QED) is 0.729. The summed E-state index contributed by atoms with van der Waals surface area (Å²) in [5.74, 6) is -0.0892. The molecule has 0 saturated carbocycles. The van der Waals surface area contributed by atoms with E-state index in [-0.39, 0.29) is 11.5 Å². The Labute approximate surface area is 91.0 Å². The lowest BCUT2D eigenvalue weighted by Crippen LogP contribution is -2.25. The number of rotatable bonds is 5. The summed E-state index contributed by atoms with van der Waals surface area (Å²) in [7, 11) is 0. The van der Waals surface area contributed by atoms with Crippen LogP contribution in [0.15, 0.2) is 18.2 Å². The number of benzene rings is 1. The second kappa shape index (κ2) is 5.61. The van der Waals surface area contributed by atoms with E-state index in [0.29, 0.717) is 0 Å². The fraction of sp³-hybridized carbons (Fsp3) is 0.500. The van der Waals surface area contributed by atoms with Gasteiger partial charge in [-0.1, -0.05) is 19.9 Å². The zero-order chi connectivity index (χ0) is 11.3. The van der Waals surface area contributed by atoms with Crippen molar-refractivity contribution in [2.75, 3.05) is 19.6 Å². The van der Waals surface area contributed by atoms with Gasteiger partial charge >= 0.3 is 0 Å². The van der Waals surface area contributed by atoms with Gasteiger partial charge in [-0.25, -0.2) is 0 Å². The number of phenols is 2. The predicted molar refractivity (Wildman–Crippen MR) is 61.3 cm³/mol. The Balaban J connectivity index is 2.54. The van der Waals surface area contributed by atoms with Gasteiger partial charge in [0.05, 0.1) is 0 Å². The van der Waals surface area contributed by atoms with Crippen molar-refractivity contribution in [3.63, 3.8) is 0 Å². The molecule has 0 aromatic heterocycles. The Hall–Kier alpha value is -1.22. The first-order valence-corrected chi connectivity index (χ1v) is 5.40. The van der Waals surface area contributed by atoms with Crippen molar-refractivity contribution in [3.05, 3.63) is 23.8 Å². The van der Waals surface area contributed by atoms with Crippen molar-refractivity contribution < 1.29 is 10.2 Å². The van der Waals surface area contributed by atoms with Gasteiger partial charge in [0, 0.05) is 6.54 Å². The normalized spacial score (nSPS) is 10.9. The van der Waals surface area contributed by atoms with Crippen molar-refractivity contribution in [2.24, 2.45) is 0 Å². The third-order valence-corrected chi connectivity index (χ3v) is 2.65. The summed E-state index contributed by atoms with van der Waals surface area (Å²) < 4.78 is 0. The van der Waals surface area contributed by atoms with Crippen LogP contribution in [0.3, 0.4) is 0 Å². The second-order valence-electron chi connectivity index (χ2n) is 3.60. The molecule has 1 rings (SSSR count). The van der Waals surface area contributed by atoms with Crippen LogP contribution in [0.25, 0.3) is 0 Å². The van der Waals surface area contributed by atoms with Crippen LogP contribution in [0.4, 0.5) is 0 Å². The summed E-state index contributed by atoms with van der Waals surface area (Å²) >= 11 is 0. The molecular formula is C12H19NO2. The maximum atomic E-state index is 9.32. The molecule has 0 bridgehead atoms. The van der Waals surface area contributed by atoms with E-state index in [0.717, 1.165) is 31.6 Å². The van der Waals surface area contributed by atoms with Crippen LogP contribution in [0.5, 0.6) is 11.5 Å². The number of phenolic OH excluding ortho intramolecular Hbond substituents is 2. The molecule has 0 unspecified atom stereocenters. The minimum Gasteiger partial charge on any atom is -0.504 e. The minimum absolute atomic E-state index is 0.0351. The highest BCUT2D eigenvalue weighted by atomic mass is 16.3. The molecule has 0 aliphatic heterocycles. The first-order chi connectivity index (χ1) is 7.17. The van der Waals surface area contributed by atoms with E-state index in [9.17, 15) is 5.11 Å². The Kier molecular flexibility index (Phi) is 4.43.